The van der Waals surface area contributed by atoms with Crippen molar-refractivity contribution >= 4 is 11.8 Å². The van der Waals surface area contributed by atoms with Crippen LogP contribution in [0.4, 0.5) is 5.69 Å². The molecule has 0 fully saturated rings. The van der Waals surface area contributed by atoms with Crippen molar-refractivity contribution in [3.63, 3.8) is 0 Å². The van der Waals surface area contributed by atoms with Gasteiger partial charge in [-0.1, -0.05) is 11.8 Å². The maximum absolute atomic E-state index is 9.90. The second kappa shape index (κ2) is 4.89. The lowest BCUT2D eigenvalue weighted by molar-refractivity contribution is 0.565. The van der Waals surface area contributed by atoms with Crippen LogP contribution >= 0.6 is 0 Å². The van der Waals surface area contributed by atoms with Gasteiger partial charge in [0.1, 0.15) is 0 Å². The molecule has 0 heterocycles. The Kier molecular flexibility index (Phi) is 3.46. The predicted molar refractivity (Wildman–Crippen MR) is 50.2 cm³/mol. The summed E-state index contributed by atoms with van der Waals surface area (Å²) in [5.41, 5.74) is 6.64. The van der Waals surface area contributed by atoms with Crippen LogP contribution in [0.1, 0.15) is 5.56 Å². The van der Waals surface area contributed by atoms with E-state index in [2.05, 4.69) is 16.8 Å². The van der Waals surface area contributed by atoms with Crippen LogP contribution in [0.15, 0.2) is 29.3 Å². The van der Waals surface area contributed by atoms with Crippen molar-refractivity contribution in [1.82, 2.24) is 0 Å². The first-order chi connectivity index (χ1) is 6.36. The molecule has 1 aromatic rings. The maximum atomic E-state index is 9.90. The van der Waals surface area contributed by atoms with Gasteiger partial charge in [0.2, 0.25) is 6.08 Å². The Labute approximate surface area is 76.3 Å². The van der Waals surface area contributed by atoms with Crippen molar-refractivity contribution in [3.8, 4) is 11.8 Å². The van der Waals surface area contributed by atoms with Crippen LogP contribution < -0.4 is 5.73 Å². The molecule has 0 aliphatic carbocycles. The van der Waals surface area contributed by atoms with E-state index in [1.807, 2.05) is 0 Å². The third-order valence-electron chi connectivity index (χ3n) is 1.38. The van der Waals surface area contributed by atoms with E-state index in [9.17, 15) is 4.79 Å². The molecule has 0 atom stereocenters. The zero-order valence-electron chi connectivity index (χ0n) is 6.95. The number of isocyanates is 1. The fourth-order valence-electron chi connectivity index (χ4n) is 0.825. The number of aliphatic imine (C=N–C) groups is 1. The van der Waals surface area contributed by atoms with E-state index in [4.69, 9.17) is 5.73 Å². The third-order valence-corrected chi connectivity index (χ3v) is 1.38. The zero-order valence-corrected chi connectivity index (χ0v) is 6.95. The predicted octanol–water partition coefficient (Wildman–Crippen LogP) is 0.964. The van der Waals surface area contributed by atoms with E-state index in [0.717, 1.165) is 5.56 Å². The average Bonchev–Trinajstić information content (AvgIpc) is 2.17. The summed E-state index contributed by atoms with van der Waals surface area (Å²) in [5, 5.41) is 0. The van der Waals surface area contributed by atoms with Gasteiger partial charge < -0.3 is 5.73 Å². The molecule has 0 bridgehead atoms. The molecule has 0 radical (unpaired) electrons. The van der Waals surface area contributed by atoms with Gasteiger partial charge in [-0.15, -0.1) is 0 Å². The minimum absolute atomic E-state index is 0.342. The number of benzene rings is 1. The molecule has 0 aliphatic heterocycles. The maximum Gasteiger partial charge on any atom is 0.240 e. The van der Waals surface area contributed by atoms with Crippen LogP contribution in [0.3, 0.4) is 0 Å². The third kappa shape index (κ3) is 2.92. The quantitative estimate of drug-likeness (QED) is 0.389. The number of hydrogen-bond donors (Lipinski definition) is 1. The summed E-state index contributed by atoms with van der Waals surface area (Å²) in [6.45, 7) is 0.342. The molecule has 0 amide bonds. The molecule has 0 aliphatic rings. The van der Waals surface area contributed by atoms with Gasteiger partial charge in [-0.25, -0.2) is 4.79 Å². The molecule has 13 heavy (non-hydrogen) atoms. The van der Waals surface area contributed by atoms with Crippen molar-refractivity contribution in [2.45, 2.75) is 0 Å². The van der Waals surface area contributed by atoms with Gasteiger partial charge in [-0.05, 0) is 24.3 Å². The summed E-state index contributed by atoms with van der Waals surface area (Å²) in [5.74, 6) is 5.58. The van der Waals surface area contributed by atoms with Crippen molar-refractivity contribution in [2.24, 2.45) is 10.7 Å². The SMILES string of the molecule is NCC#Cc1ccc(N=C=O)cc1. The topological polar surface area (TPSA) is 55.4 Å². The molecule has 0 saturated carbocycles. The van der Waals surface area contributed by atoms with Gasteiger partial charge in [0.15, 0.2) is 0 Å². The molecule has 3 nitrogen and oxygen atoms in total. The summed E-state index contributed by atoms with van der Waals surface area (Å²) < 4.78 is 0. The number of rotatable bonds is 1. The zero-order chi connectivity index (χ0) is 9.52. The Bertz CT molecular complexity index is 378. The monoisotopic (exact) mass is 172 g/mol. The highest BCUT2D eigenvalue weighted by molar-refractivity contribution is 5.51. The number of carbonyl (C=O) groups excluding carboxylic acids is 1. The smallest absolute Gasteiger partial charge is 0.240 e. The number of hydrogen-bond acceptors (Lipinski definition) is 3. The van der Waals surface area contributed by atoms with E-state index >= 15 is 0 Å². The first kappa shape index (κ1) is 9.21. The van der Waals surface area contributed by atoms with Crippen molar-refractivity contribution in [1.29, 1.82) is 0 Å². The lowest BCUT2D eigenvalue weighted by Crippen LogP contribution is -1.92. The van der Waals surface area contributed by atoms with Crippen LogP contribution in [0.5, 0.6) is 0 Å². The highest BCUT2D eigenvalue weighted by atomic mass is 16.1. The van der Waals surface area contributed by atoms with Gasteiger partial charge in [0, 0.05) is 5.56 Å². The molecular formula is C10H8N2O. The molecule has 2 N–H and O–H groups in total. The van der Waals surface area contributed by atoms with E-state index in [1.165, 1.54) is 6.08 Å². The Morgan fingerprint density at radius 1 is 1.31 bits per heavy atom. The van der Waals surface area contributed by atoms with Gasteiger partial charge >= 0.3 is 0 Å². The van der Waals surface area contributed by atoms with Crippen molar-refractivity contribution in [3.05, 3.63) is 29.8 Å². The van der Waals surface area contributed by atoms with E-state index in [0.29, 0.717) is 12.2 Å². The van der Waals surface area contributed by atoms with Crippen LogP contribution in [0.25, 0.3) is 0 Å². The lowest BCUT2D eigenvalue weighted by Gasteiger charge is -1.90. The molecule has 1 rings (SSSR count). The molecular weight excluding hydrogens is 164 g/mol. The Morgan fingerprint density at radius 2 is 2.00 bits per heavy atom. The first-order valence-corrected chi connectivity index (χ1v) is 3.73. The summed E-state index contributed by atoms with van der Waals surface area (Å²) in [6.07, 6.45) is 1.47. The van der Waals surface area contributed by atoms with Crippen LogP contribution in [-0.2, 0) is 4.79 Å². The standard InChI is InChI=1S/C10H8N2O/c11-7-1-2-9-3-5-10(6-4-9)12-8-13/h3-6H,7,11H2. The molecule has 0 unspecified atom stereocenters. The molecule has 3 heteroatoms. The molecule has 0 saturated heterocycles. The molecule has 0 aromatic heterocycles. The normalized spacial score (nSPS) is 8.08. The largest absolute Gasteiger partial charge is 0.320 e. The van der Waals surface area contributed by atoms with E-state index < -0.39 is 0 Å². The fraction of sp³-hybridized carbons (Fsp3) is 0.100. The highest BCUT2D eigenvalue weighted by Crippen LogP contribution is 2.10. The summed E-state index contributed by atoms with van der Waals surface area (Å²) in [7, 11) is 0. The minimum Gasteiger partial charge on any atom is -0.320 e. The van der Waals surface area contributed by atoms with Crippen LogP contribution in [0.2, 0.25) is 0 Å². The molecule has 64 valence electrons. The summed E-state index contributed by atoms with van der Waals surface area (Å²) >= 11 is 0. The van der Waals surface area contributed by atoms with Crippen LogP contribution in [-0.4, -0.2) is 12.6 Å². The number of nitrogens with two attached hydrogens (primary N) is 1. The second-order valence-electron chi connectivity index (χ2n) is 2.26. The highest BCUT2D eigenvalue weighted by Gasteiger charge is 1.88. The molecule has 0 spiro atoms. The minimum atomic E-state index is 0.342. The van der Waals surface area contributed by atoms with Gasteiger partial charge in [0.25, 0.3) is 0 Å². The Hall–Kier alpha value is -1.88. The second-order valence-corrected chi connectivity index (χ2v) is 2.26. The van der Waals surface area contributed by atoms with Gasteiger partial charge in [0.05, 0.1) is 12.2 Å². The lowest BCUT2D eigenvalue weighted by atomic mass is 10.2. The van der Waals surface area contributed by atoms with Crippen molar-refractivity contribution < 1.29 is 4.79 Å². The Morgan fingerprint density at radius 3 is 2.54 bits per heavy atom. The number of nitrogens with zero attached hydrogens (tertiary/aromatic N) is 1. The molecule has 1 aromatic carbocycles. The van der Waals surface area contributed by atoms with E-state index in [1.54, 1.807) is 24.3 Å². The first-order valence-electron chi connectivity index (χ1n) is 3.73. The van der Waals surface area contributed by atoms with Crippen molar-refractivity contribution in [2.75, 3.05) is 6.54 Å². The summed E-state index contributed by atoms with van der Waals surface area (Å²) in [6, 6.07) is 6.95. The Balaban J connectivity index is 2.87. The van der Waals surface area contributed by atoms with E-state index in [-0.39, 0.29) is 0 Å². The fourth-order valence-corrected chi connectivity index (χ4v) is 0.825. The summed E-state index contributed by atoms with van der Waals surface area (Å²) in [4.78, 5) is 13.3. The average molecular weight is 172 g/mol. The van der Waals surface area contributed by atoms with Gasteiger partial charge in [-0.3, -0.25) is 0 Å². The van der Waals surface area contributed by atoms with Gasteiger partial charge in [-0.2, -0.15) is 4.99 Å². The van der Waals surface area contributed by atoms with Crippen LogP contribution in [0, 0.1) is 11.8 Å².